The maximum Gasteiger partial charge on any atom is 0.167 e. The first-order valence-corrected chi connectivity index (χ1v) is 13.5. The highest BCUT2D eigenvalue weighted by Gasteiger charge is 2.65. The van der Waals surface area contributed by atoms with Crippen molar-refractivity contribution < 1.29 is 19.7 Å². The molecular formula is C31H48O4. The predicted octanol–water partition coefficient (Wildman–Crippen LogP) is 6.95. The first-order chi connectivity index (χ1) is 16.6. The molecule has 1 saturated carbocycles. The Balaban J connectivity index is 1.82. The summed E-state index contributed by atoms with van der Waals surface area (Å²) < 4.78 is 12.8. The Labute approximate surface area is 213 Å². The van der Waals surface area contributed by atoms with Crippen molar-refractivity contribution in [3.8, 4) is 0 Å². The van der Waals surface area contributed by atoms with Crippen LogP contribution in [0.25, 0.3) is 0 Å². The molecule has 5 atom stereocenters. The Kier molecular flexibility index (Phi) is 9.79. The first kappa shape index (κ1) is 28.1. The quantitative estimate of drug-likeness (QED) is 0.303. The Bertz CT molecular complexity index is 884. The topological polar surface area (TPSA) is 58.9 Å². The van der Waals surface area contributed by atoms with Crippen molar-refractivity contribution in [2.24, 2.45) is 11.3 Å². The van der Waals surface area contributed by atoms with Gasteiger partial charge in [0.25, 0.3) is 0 Å². The summed E-state index contributed by atoms with van der Waals surface area (Å²) >= 11 is 0. The molecule has 0 aromatic heterocycles. The molecule has 0 radical (unpaired) electrons. The minimum absolute atomic E-state index is 0.0743. The van der Waals surface area contributed by atoms with Crippen LogP contribution in [0, 0.1) is 11.3 Å². The van der Waals surface area contributed by atoms with E-state index in [0.29, 0.717) is 13.0 Å². The average Bonchev–Trinajstić information content (AvgIpc) is 3.12. The molecular weight excluding hydrogens is 436 g/mol. The van der Waals surface area contributed by atoms with Gasteiger partial charge in [0.1, 0.15) is 0 Å². The van der Waals surface area contributed by atoms with Crippen molar-refractivity contribution in [2.75, 3.05) is 13.2 Å². The van der Waals surface area contributed by atoms with Crippen molar-refractivity contribution in [2.45, 2.75) is 111 Å². The van der Waals surface area contributed by atoms with E-state index in [1.54, 1.807) is 0 Å². The predicted molar refractivity (Wildman–Crippen MR) is 144 cm³/mol. The largest absolute Gasteiger partial charge is 0.392 e. The molecule has 3 rings (SSSR count). The summed E-state index contributed by atoms with van der Waals surface area (Å²) in [6.07, 6.45) is 17.9. The molecule has 4 heteroatoms. The van der Waals surface area contributed by atoms with Gasteiger partial charge >= 0.3 is 0 Å². The summed E-state index contributed by atoms with van der Waals surface area (Å²) in [6.45, 7) is 13.3. The molecule has 2 saturated heterocycles. The first-order valence-electron chi connectivity index (χ1n) is 13.5. The van der Waals surface area contributed by atoms with Gasteiger partial charge in [0, 0.05) is 6.61 Å². The van der Waals surface area contributed by atoms with Gasteiger partial charge in [-0.25, -0.2) is 0 Å². The number of aliphatic hydroxyl groups is 2. The second-order valence-electron chi connectivity index (χ2n) is 11.5. The van der Waals surface area contributed by atoms with E-state index in [2.05, 4.69) is 58.1 Å². The van der Waals surface area contributed by atoms with Crippen molar-refractivity contribution in [3.63, 3.8) is 0 Å². The van der Waals surface area contributed by atoms with E-state index < -0.39 is 17.3 Å². The van der Waals surface area contributed by atoms with Gasteiger partial charge in [-0.15, -0.1) is 0 Å². The molecule has 0 bridgehead atoms. The molecule has 4 nitrogen and oxygen atoms in total. The smallest absolute Gasteiger partial charge is 0.167 e. The average molecular weight is 485 g/mol. The summed E-state index contributed by atoms with van der Waals surface area (Å²) in [5.41, 5.74) is 4.88. The third kappa shape index (κ3) is 6.46. The minimum atomic E-state index is -0.879. The molecule has 0 amide bonds. The van der Waals surface area contributed by atoms with Crippen LogP contribution >= 0.6 is 0 Å². The molecule has 196 valence electrons. The van der Waals surface area contributed by atoms with Crippen LogP contribution in [0.1, 0.15) is 92.9 Å². The SMILES string of the molecule is CC(C)=CCC/C(C)=C/C=C/C(C)=C/C1CC23C(OCCCCC2/C(=C(/C)CO)CC[C@]3(C)O)O1. The lowest BCUT2D eigenvalue weighted by atomic mass is 9.53. The summed E-state index contributed by atoms with van der Waals surface area (Å²) in [5, 5.41) is 21.7. The van der Waals surface area contributed by atoms with Gasteiger partial charge in [0.2, 0.25) is 0 Å². The van der Waals surface area contributed by atoms with E-state index >= 15 is 0 Å². The Morgan fingerprint density at radius 3 is 2.63 bits per heavy atom. The van der Waals surface area contributed by atoms with Crippen LogP contribution in [0.4, 0.5) is 0 Å². The summed E-state index contributed by atoms with van der Waals surface area (Å²) in [7, 11) is 0. The lowest BCUT2D eigenvalue weighted by Crippen LogP contribution is -2.59. The monoisotopic (exact) mass is 484 g/mol. The number of rotatable bonds is 7. The number of allylic oxidation sites excluding steroid dienone is 8. The van der Waals surface area contributed by atoms with Gasteiger partial charge in [-0.2, -0.15) is 0 Å². The zero-order chi connectivity index (χ0) is 25.6. The third-order valence-corrected chi connectivity index (χ3v) is 8.41. The highest BCUT2D eigenvalue weighted by Crippen LogP contribution is 2.61. The third-order valence-electron chi connectivity index (χ3n) is 8.41. The van der Waals surface area contributed by atoms with Crippen LogP contribution < -0.4 is 0 Å². The van der Waals surface area contributed by atoms with Gasteiger partial charge in [0.15, 0.2) is 6.29 Å². The van der Waals surface area contributed by atoms with E-state index in [4.69, 9.17) is 9.47 Å². The fourth-order valence-corrected chi connectivity index (χ4v) is 6.37. The highest BCUT2D eigenvalue weighted by molar-refractivity contribution is 5.29. The number of aliphatic hydroxyl groups excluding tert-OH is 1. The fraction of sp³-hybridized carbons (Fsp3) is 0.677. The second kappa shape index (κ2) is 12.2. The molecule has 35 heavy (non-hydrogen) atoms. The maximum atomic E-state index is 11.8. The van der Waals surface area contributed by atoms with Gasteiger partial charge < -0.3 is 19.7 Å². The number of hydrogen-bond acceptors (Lipinski definition) is 4. The van der Waals surface area contributed by atoms with Crippen LogP contribution in [-0.2, 0) is 9.47 Å². The van der Waals surface area contributed by atoms with E-state index in [0.717, 1.165) is 56.1 Å². The van der Waals surface area contributed by atoms with E-state index in [-0.39, 0.29) is 18.6 Å². The summed E-state index contributed by atoms with van der Waals surface area (Å²) in [5.74, 6) is 0.171. The van der Waals surface area contributed by atoms with E-state index in [1.165, 1.54) is 16.7 Å². The van der Waals surface area contributed by atoms with Gasteiger partial charge in [-0.3, -0.25) is 0 Å². The molecule has 3 aliphatic rings. The highest BCUT2D eigenvalue weighted by atomic mass is 16.7. The zero-order valence-electron chi connectivity index (χ0n) is 22.9. The second-order valence-corrected chi connectivity index (χ2v) is 11.5. The number of ether oxygens (including phenoxy) is 2. The summed E-state index contributed by atoms with van der Waals surface area (Å²) in [6, 6.07) is 0. The van der Waals surface area contributed by atoms with Crippen LogP contribution in [0.15, 0.2) is 58.2 Å². The molecule has 1 aliphatic carbocycles. The van der Waals surface area contributed by atoms with Crippen molar-refractivity contribution in [1.82, 2.24) is 0 Å². The zero-order valence-corrected chi connectivity index (χ0v) is 22.9. The lowest BCUT2D eigenvalue weighted by Gasteiger charge is -2.55. The van der Waals surface area contributed by atoms with Crippen LogP contribution in [-0.4, -0.2) is 41.4 Å². The standard InChI is InChI=1S/C31H48O4/c1-22(2)11-9-12-23(3)13-10-14-24(4)19-26-20-31-28(15-7-8-18-34-29(31)35-26)27(25(5)21-32)16-17-30(31,6)33/h10-11,13-14,19,26,28-29,32-33H,7-9,12,15-18,20-21H2,1-6H3/b14-10+,23-13+,24-19+,27-25-/t26?,28?,29?,30-,31?/m0/s1. The summed E-state index contributed by atoms with van der Waals surface area (Å²) in [4.78, 5) is 0. The van der Waals surface area contributed by atoms with Crippen molar-refractivity contribution in [3.05, 3.63) is 58.2 Å². The van der Waals surface area contributed by atoms with Crippen molar-refractivity contribution >= 4 is 0 Å². The molecule has 2 heterocycles. The molecule has 2 aliphatic heterocycles. The Morgan fingerprint density at radius 1 is 1.14 bits per heavy atom. The molecule has 1 spiro atoms. The van der Waals surface area contributed by atoms with Crippen LogP contribution in [0.3, 0.4) is 0 Å². The van der Waals surface area contributed by atoms with Gasteiger partial charge in [-0.1, -0.05) is 59.1 Å². The minimum Gasteiger partial charge on any atom is -0.392 e. The fourth-order valence-electron chi connectivity index (χ4n) is 6.37. The Hall–Kier alpha value is -1.46. The van der Waals surface area contributed by atoms with E-state index in [9.17, 15) is 10.2 Å². The van der Waals surface area contributed by atoms with Gasteiger partial charge in [-0.05, 0) is 98.0 Å². The maximum absolute atomic E-state index is 11.8. The lowest BCUT2D eigenvalue weighted by molar-refractivity contribution is -0.245. The molecule has 0 aromatic carbocycles. The molecule has 4 unspecified atom stereocenters. The van der Waals surface area contributed by atoms with Crippen molar-refractivity contribution in [1.29, 1.82) is 0 Å². The Morgan fingerprint density at radius 2 is 1.91 bits per heavy atom. The van der Waals surface area contributed by atoms with Gasteiger partial charge in [0.05, 0.1) is 23.7 Å². The molecule has 2 N–H and O–H groups in total. The van der Waals surface area contributed by atoms with Crippen LogP contribution in [0.5, 0.6) is 0 Å². The molecule has 3 fully saturated rings. The van der Waals surface area contributed by atoms with Crippen LogP contribution in [0.2, 0.25) is 0 Å². The van der Waals surface area contributed by atoms with E-state index in [1.807, 2.05) is 13.8 Å². The molecule has 0 aromatic rings. The number of hydrogen-bond donors (Lipinski definition) is 2. The normalized spacial score (nSPS) is 35.8.